The number of unbranched alkanes of at least 4 members (excludes halogenated alkanes) is 1. The molecule has 5 nitrogen and oxygen atoms in total. The molecule has 1 fully saturated rings. The number of hydrogen-bond donors (Lipinski definition) is 0. The van der Waals surface area contributed by atoms with Crippen LogP contribution in [0.1, 0.15) is 38.3 Å². The Kier molecular flexibility index (Phi) is 6.89. The van der Waals surface area contributed by atoms with Gasteiger partial charge < -0.3 is 14.4 Å². The van der Waals surface area contributed by atoms with Gasteiger partial charge in [-0.15, -0.1) is 0 Å². The van der Waals surface area contributed by atoms with Gasteiger partial charge in [0.25, 0.3) is 0 Å². The second-order valence-electron chi connectivity index (χ2n) is 6.49. The first-order valence-electron chi connectivity index (χ1n) is 8.75. The Morgan fingerprint density at radius 3 is 2.75 bits per heavy atom. The minimum atomic E-state index is -0.256. The third-order valence-electron chi connectivity index (χ3n) is 4.59. The summed E-state index contributed by atoms with van der Waals surface area (Å²) < 4.78 is 11.3. The maximum absolute atomic E-state index is 9.77. The number of ether oxygens (including phenoxy) is 2. The molecule has 0 bridgehead atoms. The predicted molar refractivity (Wildman–Crippen MR) is 95.4 cm³/mol. The zero-order valence-corrected chi connectivity index (χ0v) is 15.3. The second-order valence-corrected chi connectivity index (χ2v) is 6.49. The van der Waals surface area contributed by atoms with Crippen molar-refractivity contribution in [2.45, 2.75) is 38.8 Å². The van der Waals surface area contributed by atoms with E-state index in [1.54, 1.807) is 7.11 Å². The Morgan fingerprint density at radius 1 is 1.33 bits per heavy atom. The maximum Gasteiger partial charge on any atom is 0.161 e. The molecule has 1 aromatic rings. The van der Waals surface area contributed by atoms with Gasteiger partial charge in [0.2, 0.25) is 0 Å². The van der Waals surface area contributed by atoms with E-state index in [1.807, 2.05) is 18.2 Å². The average Bonchev–Trinajstić information content (AvgIpc) is 2.58. The first kappa shape index (κ1) is 18.6. The Morgan fingerprint density at radius 2 is 2.12 bits per heavy atom. The van der Waals surface area contributed by atoms with Gasteiger partial charge in [-0.3, -0.25) is 4.90 Å². The average molecular weight is 331 g/mol. The van der Waals surface area contributed by atoms with Gasteiger partial charge in [0.1, 0.15) is 6.04 Å². The van der Waals surface area contributed by atoms with Gasteiger partial charge in [-0.05, 0) is 38.1 Å². The highest BCUT2D eigenvalue weighted by molar-refractivity contribution is 5.45. The standard InChI is InChI=1S/C19H29N3O2/c1-5-6-11-24-19-12-16(7-8-18(19)23-4)17(13-20)22-10-9-21(3)14-15(22)2/h7-8,12,15,17H,5-6,9-11,14H2,1-4H3. The summed E-state index contributed by atoms with van der Waals surface area (Å²) in [4.78, 5) is 4.58. The minimum absolute atomic E-state index is 0.256. The van der Waals surface area contributed by atoms with Crippen molar-refractivity contribution in [1.82, 2.24) is 9.80 Å². The van der Waals surface area contributed by atoms with E-state index in [2.05, 4.69) is 36.8 Å². The lowest BCUT2D eigenvalue weighted by Crippen LogP contribution is -2.51. The van der Waals surface area contributed by atoms with E-state index in [0.29, 0.717) is 12.6 Å². The minimum Gasteiger partial charge on any atom is -0.493 e. The molecular formula is C19H29N3O2. The summed E-state index contributed by atoms with van der Waals surface area (Å²) in [6.45, 7) is 7.85. The Hall–Kier alpha value is -1.77. The first-order chi connectivity index (χ1) is 11.6. The van der Waals surface area contributed by atoms with E-state index in [0.717, 1.165) is 49.5 Å². The zero-order valence-electron chi connectivity index (χ0n) is 15.3. The normalized spacial score (nSPS) is 20.4. The van der Waals surface area contributed by atoms with Crippen LogP contribution >= 0.6 is 0 Å². The lowest BCUT2D eigenvalue weighted by Gasteiger charge is -2.40. The molecule has 0 aromatic heterocycles. The third-order valence-corrected chi connectivity index (χ3v) is 4.59. The Bertz CT molecular complexity index is 570. The maximum atomic E-state index is 9.77. The summed E-state index contributed by atoms with van der Waals surface area (Å²) in [6.07, 6.45) is 2.09. The predicted octanol–water partition coefficient (Wildman–Crippen LogP) is 3.07. The highest BCUT2D eigenvalue weighted by Crippen LogP contribution is 2.33. The van der Waals surface area contributed by atoms with Gasteiger partial charge >= 0.3 is 0 Å². The van der Waals surface area contributed by atoms with Gasteiger partial charge in [-0.25, -0.2) is 0 Å². The van der Waals surface area contributed by atoms with E-state index in [4.69, 9.17) is 9.47 Å². The van der Waals surface area contributed by atoms with Crippen molar-refractivity contribution in [2.75, 3.05) is 40.4 Å². The summed E-state index contributed by atoms with van der Waals surface area (Å²) in [6, 6.07) is 8.41. The van der Waals surface area contributed by atoms with Crippen molar-refractivity contribution in [3.05, 3.63) is 23.8 Å². The number of hydrogen-bond acceptors (Lipinski definition) is 5. The van der Waals surface area contributed by atoms with Crippen molar-refractivity contribution in [3.8, 4) is 17.6 Å². The Labute approximate surface area is 145 Å². The van der Waals surface area contributed by atoms with E-state index >= 15 is 0 Å². The van der Waals surface area contributed by atoms with Crippen LogP contribution in [0, 0.1) is 11.3 Å². The van der Waals surface area contributed by atoms with Gasteiger partial charge in [-0.2, -0.15) is 5.26 Å². The number of nitrogens with zero attached hydrogens (tertiary/aromatic N) is 3. The molecule has 1 heterocycles. The quantitative estimate of drug-likeness (QED) is 0.719. The van der Waals surface area contributed by atoms with Crippen LogP contribution in [0.3, 0.4) is 0 Å². The molecule has 5 heteroatoms. The molecule has 2 rings (SSSR count). The fraction of sp³-hybridized carbons (Fsp3) is 0.632. The lowest BCUT2D eigenvalue weighted by molar-refractivity contribution is 0.0795. The fourth-order valence-electron chi connectivity index (χ4n) is 3.18. The molecule has 0 spiro atoms. The lowest BCUT2D eigenvalue weighted by atomic mass is 10.0. The van der Waals surface area contributed by atoms with Crippen molar-refractivity contribution < 1.29 is 9.47 Å². The van der Waals surface area contributed by atoms with Crippen LogP contribution in [-0.4, -0.2) is 56.2 Å². The van der Waals surface area contributed by atoms with Crippen molar-refractivity contribution >= 4 is 0 Å². The summed E-state index contributed by atoms with van der Waals surface area (Å²) in [5.41, 5.74) is 0.973. The van der Waals surface area contributed by atoms with Crippen molar-refractivity contribution in [2.24, 2.45) is 0 Å². The van der Waals surface area contributed by atoms with Crippen molar-refractivity contribution in [1.29, 1.82) is 5.26 Å². The molecule has 2 unspecified atom stereocenters. The molecule has 0 amide bonds. The number of benzene rings is 1. The van der Waals surface area contributed by atoms with Crippen LogP contribution in [-0.2, 0) is 0 Å². The molecule has 1 saturated heterocycles. The van der Waals surface area contributed by atoms with Gasteiger partial charge in [0.05, 0.1) is 19.8 Å². The molecular weight excluding hydrogens is 302 g/mol. The molecule has 0 N–H and O–H groups in total. The SMILES string of the molecule is CCCCOc1cc(C(C#N)N2CCN(C)CC2C)ccc1OC. The number of likely N-dealkylation sites (N-methyl/N-ethyl adjacent to an activating group) is 1. The molecule has 24 heavy (non-hydrogen) atoms. The summed E-state index contributed by atoms with van der Waals surface area (Å²) in [5.74, 6) is 1.45. The highest BCUT2D eigenvalue weighted by atomic mass is 16.5. The molecule has 0 aliphatic carbocycles. The smallest absolute Gasteiger partial charge is 0.161 e. The summed E-state index contributed by atoms with van der Waals surface area (Å²) in [5, 5.41) is 9.77. The number of nitriles is 1. The number of rotatable bonds is 7. The number of piperazine rings is 1. The molecule has 132 valence electrons. The molecule has 2 atom stereocenters. The van der Waals surface area contributed by atoms with Gasteiger partial charge in [0.15, 0.2) is 11.5 Å². The second kappa shape index (κ2) is 8.91. The van der Waals surface area contributed by atoms with Crippen molar-refractivity contribution in [3.63, 3.8) is 0 Å². The van der Waals surface area contributed by atoms with E-state index in [9.17, 15) is 5.26 Å². The van der Waals surface area contributed by atoms with Gasteiger partial charge in [0, 0.05) is 25.7 Å². The third kappa shape index (κ3) is 4.40. The highest BCUT2D eigenvalue weighted by Gasteiger charge is 2.29. The van der Waals surface area contributed by atoms with Crippen LogP contribution in [0.4, 0.5) is 0 Å². The van der Waals surface area contributed by atoms with Crippen LogP contribution < -0.4 is 9.47 Å². The number of methoxy groups -OCH3 is 1. The largest absolute Gasteiger partial charge is 0.493 e. The summed E-state index contributed by atoms with van der Waals surface area (Å²) in [7, 11) is 3.77. The van der Waals surface area contributed by atoms with E-state index in [1.165, 1.54) is 0 Å². The first-order valence-corrected chi connectivity index (χ1v) is 8.75. The topological polar surface area (TPSA) is 48.7 Å². The molecule has 0 radical (unpaired) electrons. The Balaban J connectivity index is 2.21. The molecule has 1 aromatic carbocycles. The molecule has 1 aliphatic heterocycles. The summed E-state index contributed by atoms with van der Waals surface area (Å²) >= 11 is 0. The zero-order chi connectivity index (χ0) is 17.5. The molecule has 0 saturated carbocycles. The van der Waals surface area contributed by atoms with Crippen LogP contribution in [0.25, 0.3) is 0 Å². The van der Waals surface area contributed by atoms with Crippen LogP contribution in [0.5, 0.6) is 11.5 Å². The van der Waals surface area contributed by atoms with E-state index in [-0.39, 0.29) is 6.04 Å². The fourth-order valence-corrected chi connectivity index (χ4v) is 3.18. The van der Waals surface area contributed by atoms with Crippen LogP contribution in [0.15, 0.2) is 18.2 Å². The van der Waals surface area contributed by atoms with Gasteiger partial charge in [-0.1, -0.05) is 19.4 Å². The molecule has 1 aliphatic rings. The van der Waals surface area contributed by atoms with E-state index < -0.39 is 0 Å². The van der Waals surface area contributed by atoms with Crippen LogP contribution in [0.2, 0.25) is 0 Å². The monoisotopic (exact) mass is 331 g/mol.